The lowest BCUT2D eigenvalue weighted by atomic mass is 10.1. The Hall–Kier alpha value is -1.88. The normalized spacial score (nSPS) is 9.58. The molecule has 12 heavy (non-hydrogen) atoms. The van der Waals surface area contributed by atoms with Crippen LogP contribution < -0.4 is 0 Å². The minimum atomic E-state index is 0.809. The van der Waals surface area contributed by atoms with Crippen LogP contribution in [-0.2, 0) is 0 Å². The van der Waals surface area contributed by atoms with Crippen molar-refractivity contribution < 1.29 is 0 Å². The molecule has 1 aromatic carbocycles. The fraction of sp³-hybridized carbons (Fsp3) is 0. The number of hydrogen-bond donors (Lipinski definition) is 0. The summed E-state index contributed by atoms with van der Waals surface area (Å²) in [5.41, 5.74) is 1.63. The first kappa shape index (κ1) is 6.81. The van der Waals surface area contributed by atoms with E-state index in [2.05, 4.69) is 22.3 Å². The summed E-state index contributed by atoms with van der Waals surface area (Å²) in [4.78, 5) is 0. The molecule has 0 atom stereocenters. The molecule has 0 aliphatic rings. The van der Waals surface area contributed by atoms with Crippen molar-refractivity contribution >= 4 is 10.9 Å². The third-order valence-electron chi connectivity index (χ3n) is 1.63. The molecule has 1 heterocycles. The van der Waals surface area contributed by atoms with Crippen LogP contribution in [-0.4, -0.2) is 10.2 Å². The molecule has 2 aromatic rings. The van der Waals surface area contributed by atoms with Crippen LogP contribution >= 0.6 is 0 Å². The SMILES string of the molecule is C#Cc1ccc2c[c]nnc2c1. The number of benzene rings is 1. The maximum atomic E-state index is 5.23. The number of aromatic nitrogens is 2. The van der Waals surface area contributed by atoms with Crippen LogP contribution in [0.5, 0.6) is 0 Å². The molecule has 2 nitrogen and oxygen atoms in total. The minimum Gasteiger partial charge on any atom is -0.150 e. The standard InChI is InChI=1S/C10H5N2/c1-2-8-3-4-9-5-6-11-12-10(9)7-8/h1,3-5,7H. The fourth-order valence-corrected chi connectivity index (χ4v) is 1.02. The molecule has 0 unspecified atom stereocenters. The monoisotopic (exact) mass is 153 g/mol. The van der Waals surface area contributed by atoms with Gasteiger partial charge in [-0.1, -0.05) is 12.0 Å². The molecule has 0 saturated heterocycles. The summed E-state index contributed by atoms with van der Waals surface area (Å²) in [6.07, 6.45) is 7.89. The zero-order chi connectivity index (χ0) is 8.39. The summed E-state index contributed by atoms with van der Waals surface area (Å²) in [7, 11) is 0. The van der Waals surface area contributed by atoms with E-state index < -0.39 is 0 Å². The van der Waals surface area contributed by atoms with E-state index in [1.807, 2.05) is 18.2 Å². The second kappa shape index (κ2) is 2.63. The third kappa shape index (κ3) is 1.02. The van der Waals surface area contributed by atoms with E-state index in [-0.39, 0.29) is 0 Å². The maximum Gasteiger partial charge on any atom is 0.114 e. The van der Waals surface area contributed by atoms with E-state index in [4.69, 9.17) is 6.42 Å². The fourth-order valence-electron chi connectivity index (χ4n) is 1.02. The second-order valence-electron chi connectivity index (χ2n) is 2.39. The van der Waals surface area contributed by atoms with Gasteiger partial charge in [-0.25, -0.2) is 0 Å². The van der Waals surface area contributed by atoms with Crippen molar-refractivity contribution in [2.75, 3.05) is 0 Å². The Kier molecular flexibility index (Phi) is 1.49. The van der Waals surface area contributed by atoms with E-state index in [1.54, 1.807) is 6.07 Å². The van der Waals surface area contributed by atoms with E-state index in [9.17, 15) is 0 Å². The van der Waals surface area contributed by atoms with Gasteiger partial charge in [-0.05, 0) is 18.2 Å². The van der Waals surface area contributed by atoms with Crippen molar-refractivity contribution in [3.8, 4) is 12.3 Å². The molecule has 0 amide bonds. The Morgan fingerprint density at radius 2 is 2.33 bits per heavy atom. The molecule has 2 heteroatoms. The van der Waals surface area contributed by atoms with Crippen molar-refractivity contribution in [3.05, 3.63) is 36.0 Å². The number of terminal acetylenes is 1. The quantitative estimate of drug-likeness (QED) is 0.535. The third-order valence-corrected chi connectivity index (χ3v) is 1.63. The lowest BCUT2D eigenvalue weighted by Gasteiger charge is -1.94. The summed E-state index contributed by atoms with van der Waals surface area (Å²) in [6.45, 7) is 0. The molecule has 2 rings (SSSR count). The Morgan fingerprint density at radius 1 is 1.42 bits per heavy atom. The minimum absolute atomic E-state index is 0.809. The lowest BCUT2D eigenvalue weighted by Crippen LogP contribution is -1.83. The van der Waals surface area contributed by atoms with E-state index >= 15 is 0 Å². The summed E-state index contributed by atoms with van der Waals surface area (Å²) in [6, 6.07) is 7.40. The highest BCUT2D eigenvalue weighted by molar-refractivity contribution is 5.78. The molecule has 0 N–H and O–H groups in total. The maximum absolute atomic E-state index is 5.23. The van der Waals surface area contributed by atoms with Gasteiger partial charge in [0.2, 0.25) is 0 Å². The van der Waals surface area contributed by atoms with Crippen molar-refractivity contribution in [1.29, 1.82) is 0 Å². The van der Waals surface area contributed by atoms with Gasteiger partial charge in [0.15, 0.2) is 0 Å². The molecule has 0 aliphatic heterocycles. The molecule has 0 spiro atoms. The van der Waals surface area contributed by atoms with Gasteiger partial charge < -0.3 is 0 Å². The highest BCUT2D eigenvalue weighted by Crippen LogP contribution is 2.10. The zero-order valence-electron chi connectivity index (χ0n) is 6.28. The molecule has 1 aromatic heterocycles. The summed E-state index contributed by atoms with van der Waals surface area (Å²) in [5.74, 6) is 2.54. The molecule has 0 saturated carbocycles. The number of nitrogens with zero attached hydrogens (tertiary/aromatic N) is 2. The number of fused-ring (bicyclic) bond motifs is 1. The van der Waals surface area contributed by atoms with Gasteiger partial charge in [0, 0.05) is 10.9 Å². The first-order chi connectivity index (χ1) is 5.90. The van der Waals surface area contributed by atoms with Crippen molar-refractivity contribution in [2.45, 2.75) is 0 Å². The predicted octanol–water partition coefficient (Wildman–Crippen LogP) is 1.41. The summed E-state index contributed by atoms with van der Waals surface area (Å²) < 4.78 is 0. The van der Waals surface area contributed by atoms with Gasteiger partial charge in [-0.2, -0.15) is 0 Å². The number of hydrogen-bond acceptors (Lipinski definition) is 2. The van der Waals surface area contributed by atoms with Gasteiger partial charge in [0.05, 0.1) is 5.52 Å². The van der Waals surface area contributed by atoms with Crippen LogP contribution in [0.15, 0.2) is 24.3 Å². The largest absolute Gasteiger partial charge is 0.150 e. The van der Waals surface area contributed by atoms with Crippen molar-refractivity contribution in [3.63, 3.8) is 0 Å². The van der Waals surface area contributed by atoms with Crippen LogP contribution in [0.3, 0.4) is 0 Å². The first-order valence-electron chi connectivity index (χ1n) is 3.50. The average molecular weight is 153 g/mol. The van der Waals surface area contributed by atoms with Crippen LogP contribution in [0.4, 0.5) is 0 Å². The van der Waals surface area contributed by atoms with Crippen molar-refractivity contribution in [2.24, 2.45) is 0 Å². The molecular weight excluding hydrogens is 148 g/mol. The summed E-state index contributed by atoms with van der Waals surface area (Å²) in [5, 5.41) is 8.54. The molecule has 0 aliphatic carbocycles. The summed E-state index contributed by atoms with van der Waals surface area (Å²) >= 11 is 0. The van der Waals surface area contributed by atoms with Gasteiger partial charge >= 0.3 is 0 Å². The average Bonchev–Trinajstić information content (AvgIpc) is 2.17. The molecule has 55 valence electrons. The lowest BCUT2D eigenvalue weighted by molar-refractivity contribution is 1.07. The van der Waals surface area contributed by atoms with E-state index in [0.717, 1.165) is 16.5 Å². The van der Waals surface area contributed by atoms with Gasteiger partial charge in [0.25, 0.3) is 0 Å². The van der Waals surface area contributed by atoms with Gasteiger partial charge in [-0.15, -0.1) is 16.6 Å². The highest BCUT2D eigenvalue weighted by Gasteiger charge is 1.94. The molecule has 0 fully saturated rings. The topological polar surface area (TPSA) is 25.8 Å². The predicted molar refractivity (Wildman–Crippen MR) is 46.3 cm³/mol. The smallest absolute Gasteiger partial charge is 0.114 e. The first-order valence-corrected chi connectivity index (χ1v) is 3.50. The Labute approximate surface area is 70.2 Å². The van der Waals surface area contributed by atoms with E-state index in [0.29, 0.717) is 0 Å². The van der Waals surface area contributed by atoms with Crippen LogP contribution in [0, 0.1) is 18.5 Å². The van der Waals surface area contributed by atoms with Crippen LogP contribution in [0.2, 0.25) is 0 Å². The van der Waals surface area contributed by atoms with E-state index in [1.165, 1.54) is 0 Å². The Bertz CT molecular complexity index is 455. The molecule has 0 bridgehead atoms. The highest BCUT2D eigenvalue weighted by atomic mass is 15.1. The van der Waals surface area contributed by atoms with Crippen LogP contribution in [0.1, 0.15) is 5.56 Å². The number of rotatable bonds is 0. The molecular formula is C10H5N2. The van der Waals surface area contributed by atoms with Crippen molar-refractivity contribution in [1.82, 2.24) is 10.2 Å². The second-order valence-corrected chi connectivity index (χ2v) is 2.39. The molecule has 1 radical (unpaired) electrons. The Balaban J connectivity index is 2.78. The Morgan fingerprint density at radius 3 is 3.17 bits per heavy atom. The van der Waals surface area contributed by atoms with Gasteiger partial charge in [-0.3, -0.25) is 0 Å². The zero-order valence-corrected chi connectivity index (χ0v) is 6.28. The van der Waals surface area contributed by atoms with Gasteiger partial charge in [0.1, 0.15) is 6.20 Å². The van der Waals surface area contributed by atoms with Crippen LogP contribution in [0.25, 0.3) is 10.9 Å².